The third-order valence-corrected chi connectivity index (χ3v) is 8.20. The van der Waals surface area contributed by atoms with Crippen LogP contribution in [0.5, 0.6) is 11.8 Å². The summed E-state index contributed by atoms with van der Waals surface area (Å²) in [6.45, 7) is 5.37. The van der Waals surface area contributed by atoms with Gasteiger partial charge in [0.15, 0.2) is 0 Å². The molecular formula is C28H26N8O4S. The average Bonchev–Trinajstić information content (AvgIpc) is 3.35. The number of urea groups is 1. The number of aromatic nitrogens is 4. The Morgan fingerprint density at radius 3 is 2.66 bits per heavy atom. The monoisotopic (exact) mass is 570 g/mol. The minimum atomic E-state index is -0.432. The predicted octanol–water partition coefficient (Wildman–Crippen LogP) is 4.61. The first-order chi connectivity index (χ1) is 19.9. The minimum Gasteiger partial charge on any atom is -0.419 e. The molecule has 1 aliphatic carbocycles. The lowest BCUT2D eigenvalue weighted by molar-refractivity contribution is -0.117. The standard InChI is InChI=1S/C28H26N8O4S/c1-3-20(37)32-16-7-4-5-8-17(16)33-26(38)25-24-23-18(10-12-29-27(23)41-25)36(28(39)34-24)19-14-30-22(13-15(19)2)40-21-9-6-11-31-35-21/h3,6,9-14,16-17H,1,4-5,7-8H2,2H3,(H,32,37)(H,33,38)(H,34,39)/t16-,17+/m0/s1. The minimum absolute atomic E-state index is 0.195. The fourth-order valence-electron chi connectivity index (χ4n) is 5.20. The second kappa shape index (κ2) is 10.9. The summed E-state index contributed by atoms with van der Waals surface area (Å²) in [4.78, 5) is 50.3. The third-order valence-electron chi connectivity index (χ3n) is 7.10. The Balaban J connectivity index is 1.30. The molecule has 208 valence electrons. The summed E-state index contributed by atoms with van der Waals surface area (Å²) in [5.74, 6) is 0.0165. The van der Waals surface area contributed by atoms with E-state index < -0.39 is 6.03 Å². The van der Waals surface area contributed by atoms with E-state index in [1.807, 2.05) is 6.92 Å². The van der Waals surface area contributed by atoms with Crippen molar-refractivity contribution in [2.45, 2.75) is 44.7 Å². The molecule has 0 spiro atoms. The van der Waals surface area contributed by atoms with Gasteiger partial charge in [-0.15, -0.1) is 16.4 Å². The number of hydrogen-bond donors (Lipinski definition) is 3. The number of amides is 4. The van der Waals surface area contributed by atoms with Crippen molar-refractivity contribution in [3.8, 4) is 11.8 Å². The van der Waals surface area contributed by atoms with Crippen LogP contribution in [0.25, 0.3) is 10.2 Å². The molecule has 0 bridgehead atoms. The van der Waals surface area contributed by atoms with Gasteiger partial charge >= 0.3 is 6.03 Å². The molecule has 4 amide bonds. The molecule has 13 heteroatoms. The normalized spacial score (nSPS) is 18.0. The van der Waals surface area contributed by atoms with Crippen LogP contribution >= 0.6 is 11.3 Å². The largest absolute Gasteiger partial charge is 0.419 e. The van der Waals surface area contributed by atoms with Crippen LogP contribution in [0.2, 0.25) is 0 Å². The molecule has 5 heterocycles. The zero-order chi connectivity index (χ0) is 28.5. The van der Waals surface area contributed by atoms with E-state index in [0.29, 0.717) is 43.9 Å². The van der Waals surface area contributed by atoms with Crippen LogP contribution in [0.1, 0.15) is 40.9 Å². The van der Waals surface area contributed by atoms with Crippen LogP contribution in [0, 0.1) is 6.92 Å². The van der Waals surface area contributed by atoms with Crippen molar-refractivity contribution in [3.63, 3.8) is 0 Å². The maximum absolute atomic E-state index is 13.5. The zero-order valence-electron chi connectivity index (χ0n) is 22.1. The molecule has 2 aliphatic rings. The molecule has 4 aromatic rings. The van der Waals surface area contributed by atoms with Crippen molar-refractivity contribution >= 4 is 56.5 Å². The number of rotatable bonds is 7. The SMILES string of the molecule is C=CC(=O)N[C@H]1CCCC[C@H]1NC(=O)c1sc2nccc3c2c1NC(=O)N3c1cnc(Oc2cccnn2)cc1C. The Hall–Kier alpha value is -4.91. The van der Waals surface area contributed by atoms with E-state index in [0.717, 1.165) is 31.2 Å². The van der Waals surface area contributed by atoms with Crippen molar-refractivity contribution in [1.29, 1.82) is 0 Å². The van der Waals surface area contributed by atoms with Crippen LogP contribution in [0.4, 0.5) is 21.9 Å². The molecule has 4 aromatic heterocycles. The van der Waals surface area contributed by atoms with Gasteiger partial charge in [-0.1, -0.05) is 19.4 Å². The number of ether oxygens (including phenoxy) is 1. The highest BCUT2D eigenvalue weighted by Crippen LogP contribution is 2.46. The van der Waals surface area contributed by atoms with E-state index in [1.54, 1.807) is 42.9 Å². The molecule has 6 rings (SSSR count). The first-order valence-corrected chi connectivity index (χ1v) is 13.9. The van der Waals surface area contributed by atoms with Crippen molar-refractivity contribution in [1.82, 2.24) is 30.8 Å². The Labute approximate surface area is 238 Å². The van der Waals surface area contributed by atoms with E-state index >= 15 is 0 Å². The van der Waals surface area contributed by atoms with Gasteiger partial charge in [0, 0.05) is 36.6 Å². The summed E-state index contributed by atoms with van der Waals surface area (Å²) in [5, 5.41) is 17.3. The van der Waals surface area contributed by atoms with E-state index in [1.165, 1.54) is 22.3 Å². The average molecular weight is 571 g/mol. The number of pyridine rings is 2. The van der Waals surface area contributed by atoms with Crippen LogP contribution < -0.4 is 25.6 Å². The summed E-state index contributed by atoms with van der Waals surface area (Å²) in [7, 11) is 0. The maximum Gasteiger partial charge on any atom is 0.331 e. The van der Waals surface area contributed by atoms with Gasteiger partial charge in [-0.25, -0.2) is 14.8 Å². The second-order valence-corrected chi connectivity index (χ2v) is 10.7. The van der Waals surface area contributed by atoms with Crippen LogP contribution in [-0.2, 0) is 4.79 Å². The van der Waals surface area contributed by atoms with E-state index in [9.17, 15) is 14.4 Å². The number of nitrogens with zero attached hydrogens (tertiary/aromatic N) is 5. The topological polar surface area (TPSA) is 151 Å². The zero-order valence-corrected chi connectivity index (χ0v) is 22.9. The number of nitrogens with one attached hydrogen (secondary N) is 3. The summed E-state index contributed by atoms with van der Waals surface area (Å²) in [6.07, 6.45) is 9.34. The second-order valence-electron chi connectivity index (χ2n) is 9.74. The van der Waals surface area contributed by atoms with Gasteiger partial charge in [-0.05, 0) is 43.5 Å². The number of thiophene rings is 1. The molecule has 3 N–H and O–H groups in total. The number of hydrogen-bond acceptors (Lipinski definition) is 9. The Kier molecular flexibility index (Phi) is 7.01. The molecule has 1 fully saturated rings. The smallest absolute Gasteiger partial charge is 0.331 e. The summed E-state index contributed by atoms with van der Waals surface area (Å²) in [6, 6.07) is 5.96. The number of anilines is 3. The van der Waals surface area contributed by atoms with Gasteiger partial charge in [-0.3, -0.25) is 14.5 Å². The highest BCUT2D eigenvalue weighted by molar-refractivity contribution is 7.21. The maximum atomic E-state index is 13.5. The van der Waals surface area contributed by atoms with Gasteiger partial charge in [0.2, 0.25) is 17.7 Å². The van der Waals surface area contributed by atoms with E-state index in [-0.39, 0.29) is 23.9 Å². The van der Waals surface area contributed by atoms with Crippen molar-refractivity contribution in [2.24, 2.45) is 0 Å². The molecule has 1 aliphatic heterocycles. The van der Waals surface area contributed by atoms with Crippen LogP contribution in [0.15, 0.2) is 55.5 Å². The summed E-state index contributed by atoms with van der Waals surface area (Å²) >= 11 is 1.21. The number of carbonyl (C=O) groups excluding carboxylic acids is 3. The third kappa shape index (κ3) is 5.07. The van der Waals surface area contributed by atoms with Crippen molar-refractivity contribution in [2.75, 3.05) is 10.2 Å². The van der Waals surface area contributed by atoms with Crippen molar-refractivity contribution < 1.29 is 19.1 Å². The number of carbonyl (C=O) groups is 3. The molecule has 0 saturated heterocycles. The predicted molar refractivity (Wildman–Crippen MR) is 154 cm³/mol. The van der Waals surface area contributed by atoms with Crippen LogP contribution in [-0.4, -0.2) is 50.1 Å². The number of aryl methyl sites for hydroxylation is 1. The molecule has 0 radical (unpaired) electrons. The quantitative estimate of drug-likeness (QED) is 0.273. The molecule has 0 unspecified atom stereocenters. The lowest BCUT2D eigenvalue weighted by Crippen LogP contribution is -2.52. The van der Waals surface area contributed by atoms with Gasteiger partial charge < -0.3 is 20.7 Å². The first kappa shape index (κ1) is 26.3. The lowest BCUT2D eigenvalue weighted by atomic mass is 9.90. The van der Waals surface area contributed by atoms with E-state index in [4.69, 9.17) is 4.74 Å². The Morgan fingerprint density at radius 2 is 1.93 bits per heavy atom. The van der Waals surface area contributed by atoms with Crippen LogP contribution in [0.3, 0.4) is 0 Å². The van der Waals surface area contributed by atoms with Gasteiger partial charge in [0.05, 0.1) is 28.6 Å². The van der Waals surface area contributed by atoms with E-state index in [2.05, 4.69) is 42.7 Å². The first-order valence-electron chi connectivity index (χ1n) is 13.1. The molecule has 1 saturated carbocycles. The van der Waals surface area contributed by atoms with Crippen molar-refractivity contribution in [3.05, 3.63) is 66.0 Å². The molecule has 0 aromatic carbocycles. The molecule has 2 atom stereocenters. The summed E-state index contributed by atoms with van der Waals surface area (Å²) < 4.78 is 5.68. The highest BCUT2D eigenvalue weighted by atomic mass is 32.1. The lowest BCUT2D eigenvalue weighted by Gasteiger charge is -2.32. The summed E-state index contributed by atoms with van der Waals surface area (Å²) in [5.41, 5.74) is 2.29. The highest BCUT2D eigenvalue weighted by Gasteiger charge is 2.35. The Morgan fingerprint density at radius 1 is 1.12 bits per heavy atom. The van der Waals surface area contributed by atoms with Gasteiger partial charge in [-0.2, -0.15) is 5.10 Å². The van der Waals surface area contributed by atoms with Gasteiger partial charge in [0.1, 0.15) is 9.71 Å². The molecular weight excluding hydrogens is 544 g/mol. The Bertz CT molecular complexity index is 1670. The van der Waals surface area contributed by atoms with Gasteiger partial charge in [0.25, 0.3) is 5.91 Å². The fourth-order valence-corrected chi connectivity index (χ4v) is 6.22. The molecule has 41 heavy (non-hydrogen) atoms. The molecule has 12 nitrogen and oxygen atoms in total. The fraction of sp³-hybridized carbons (Fsp3) is 0.250.